The van der Waals surface area contributed by atoms with Crippen LogP contribution in [0.1, 0.15) is 45.1 Å². The van der Waals surface area contributed by atoms with Crippen LogP contribution in [-0.4, -0.2) is 61.6 Å². The van der Waals surface area contributed by atoms with E-state index in [1.807, 2.05) is 25.1 Å². The number of carbonyl (C=O) groups is 4. The van der Waals surface area contributed by atoms with Crippen LogP contribution >= 0.6 is 0 Å². The van der Waals surface area contributed by atoms with Gasteiger partial charge in [0.25, 0.3) is 0 Å². The molecular formula is C19H26O10. The molecule has 29 heavy (non-hydrogen) atoms. The van der Waals surface area contributed by atoms with Gasteiger partial charge in [-0.2, -0.15) is 0 Å². The van der Waals surface area contributed by atoms with Gasteiger partial charge in [0, 0.05) is 6.61 Å². The molecule has 0 heterocycles. The smallest absolute Gasteiger partial charge is 0.340 e. The minimum Gasteiger partial charge on any atom is -0.481 e. The van der Waals surface area contributed by atoms with E-state index in [9.17, 15) is 24.3 Å². The Labute approximate surface area is 167 Å². The van der Waals surface area contributed by atoms with Gasteiger partial charge in [0.05, 0.1) is 12.8 Å². The second kappa shape index (κ2) is 11.8. The van der Waals surface area contributed by atoms with Crippen LogP contribution < -0.4 is 0 Å². The molecule has 10 nitrogen and oxygen atoms in total. The Morgan fingerprint density at radius 1 is 0.897 bits per heavy atom. The highest BCUT2D eigenvalue weighted by Gasteiger charge is 2.40. The third-order valence-corrected chi connectivity index (χ3v) is 3.91. The molecule has 0 radical (unpaired) electrons. The highest BCUT2D eigenvalue weighted by Crippen LogP contribution is 2.25. The lowest BCUT2D eigenvalue weighted by molar-refractivity contribution is -0.170. The predicted molar refractivity (Wildman–Crippen MR) is 99.4 cm³/mol. The van der Waals surface area contributed by atoms with Crippen LogP contribution in [0.15, 0.2) is 30.3 Å². The first-order chi connectivity index (χ1) is 13.4. The number of benzene rings is 1. The van der Waals surface area contributed by atoms with Gasteiger partial charge in [0.2, 0.25) is 0 Å². The van der Waals surface area contributed by atoms with Crippen molar-refractivity contribution in [2.75, 3.05) is 6.61 Å². The van der Waals surface area contributed by atoms with E-state index in [1.165, 1.54) is 0 Å². The van der Waals surface area contributed by atoms with Gasteiger partial charge in [-0.05, 0) is 18.9 Å². The number of rotatable bonds is 11. The van der Waals surface area contributed by atoms with Gasteiger partial charge < -0.3 is 30.3 Å². The summed E-state index contributed by atoms with van der Waals surface area (Å²) >= 11 is 0. The van der Waals surface area contributed by atoms with E-state index < -0.39 is 47.9 Å². The lowest BCUT2D eigenvalue weighted by Crippen LogP contribution is -2.42. The average molecular weight is 414 g/mol. The van der Waals surface area contributed by atoms with Crippen molar-refractivity contribution in [2.45, 2.75) is 50.7 Å². The maximum absolute atomic E-state index is 11.3. The number of ether oxygens (including phenoxy) is 1. The first-order valence-corrected chi connectivity index (χ1v) is 8.71. The van der Waals surface area contributed by atoms with Crippen LogP contribution in [0.3, 0.4) is 0 Å². The Bertz CT molecular complexity index is 684. The highest BCUT2D eigenvalue weighted by molar-refractivity contribution is 5.88. The number of carboxylic acid groups (broad SMARTS) is 4. The number of aliphatic hydroxyl groups is 1. The van der Waals surface area contributed by atoms with Crippen LogP contribution in [0, 0.1) is 0 Å². The summed E-state index contributed by atoms with van der Waals surface area (Å²) in [4.78, 5) is 41.8. The van der Waals surface area contributed by atoms with E-state index in [1.54, 1.807) is 19.1 Å². The van der Waals surface area contributed by atoms with Gasteiger partial charge in [-0.1, -0.05) is 43.7 Å². The largest absolute Gasteiger partial charge is 0.481 e. The highest BCUT2D eigenvalue weighted by atomic mass is 16.5. The summed E-state index contributed by atoms with van der Waals surface area (Å²) in [6.07, 6.45) is -0.427. The zero-order valence-electron chi connectivity index (χ0n) is 16.2. The SMILES string of the molecule is CCCCOC(C)(C(=O)O)c1ccccc1.O=C(O)CC(O)(CC(=O)O)C(=O)O. The Morgan fingerprint density at radius 2 is 1.38 bits per heavy atom. The van der Waals surface area contributed by atoms with Crippen molar-refractivity contribution >= 4 is 23.9 Å². The van der Waals surface area contributed by atoms with Crippen LogP contribution in [0.4, 0.5) is 0 Å². The quantitative estimate of drug-likeness (QED) is 0.333. The number of carboxylic acids is 4. The van der Waals surface area contributed by atoms with Crippen molar-refractivity contribution < 1.29 is 49.4 Å². The Balaban J connectivity index is 0.000000555. The summed E-state index contributed by atoms with van der Waals surface area (Å²) in [6, 6.07) is 9.05. The van der Waals surface area contributed by atoms with E-state index in [4.69, 9.17) is 25.2 Å². The first-order valence-electron chi connectivity index (χ1n) is 8.71. The molecule has 10 heteroatoms. The van der Waals surface area contributed by atoms with E-state index in [-0.39, 0.29) is 0 Å². The molecule has 0 saturated carbocycles. The molecule has 1 aromatic carbocycles. The molecule has 0 aliphatic rings. The molecule has 1 aromatic rings. The van der Waals surface area contributed by atoms with Crippen molar-refractivity contribution in [2.24, 2.45) is 0 Å². The molecule has 0 spiro atoms. The molecule has 0 aliphatic carbocycles. The molecule has 1 atom stereocenters. The lowest BCUT2D eigenvalue weighted by atomic mass is 9.96. The van der Waals surface area contributed by atoms with Gasteiger partial charge in [0.1, 0.15) is 0 Å². The van der Waals surface area contributed by atoms with Crippen LogP contribution in [0.2, 0.25) is 0 Å². The molecular weight excluding hydrogens is 388 g/mol. The van der Waals surface area contributed by atoms with Crippen LogP contribution in [-0.2, 0) is 29.5 Å². The van der Waals surface area contributed by atoms with Gasteiger partial charge in [-0.3, -0.25) is 9.59 Å². The number of aliphatic carboxylic acids is 4. The summed E-state index contributed by atoms with van der Waals surface area (Å²) in [5.74, 6) is -5.97. The molecule has 0 fully saturated rings. The average Bonchev–Trinajstić information content (AvgIpc) is 2.61. The Kier molecular flexibility index (Phi) is 10.6. The summed E-state index contributed by atoms with van der Waals surface area (Å²) < 4.78 is 5.52. The zero-order valence-corrected chi connectivity index (χ0v) is 16.2. The molecule has 1 unspecified atom stereocenters. The fourth-order valence-corrected chi connectivity index (χ4v) is 2.16. The first kappa shape index (κ1) is 26.0. The normalized spacial score (nSPS) is 12.8. The molecule has 0 amide bonds. The molecule has 162 valence electrons. The Hall–Kier alpha value is -2.98. The summed E-state index contributed by atoms with van der Waals surface area (Å²) in [5.41, 5.74) is -3.30. The van der Waals surface area contributed by atoms with Crippen LogP contribution in [0.25, 0.3) is 0 Å². The monoisotopic (exact) mass is 414 g/mol. The summed E-state index contributed by atoms with van der Waals surface area (Å²) in [7, 11) is 0. The maximum Gasteiger partial charge on any atom is 0.340 e. The minimum absolute atomic E-state index is 0.466. The molecule has 0 saturated heterocycles. The second-order valence-corrected chi connectivity index (χ2v) is 6.38. The van der Waals surface area contributed by atoms with Gasteiger partial charge in [-0.15, -0.1) is 0 Å². The predicted octanol–water partition coefficient (Wildman–Crippen LogP) is 1.55. The maximum atomic E-state index is 11.3. The van der Waals surface area contributed by atoms with Crippen molar-refractivity contribution in [1.82, 2.24) is 0 Å². The summed E-state index contributed by atoms with van der Waals surface area (Å²) in [6.45, 7) is 4.11. The molecule has 1 rings (SSSR count). The molecule has 5 N–H and O–H groups in total. The topological polar surface area (TPSA) is 179 Å². The van der Waals surface area contributed by atoms with Crippen molar-refractivity contribution in [3.8, 4) is 0 Å². The molecule has 0 aromatic heterocycles. The number of hydrogen-bond donors (Lipinski definition) is 5. The number of hydrogen-bond acceptors (Lipinski definition) is 6. The van der Waals surface area contributed by atoms with Gasteiger partial charge in [0.15, 0.2) is 11.2 Å². The van der Waals surface area contributed by atoms with Crippen LogP contribution in [0.5, 0.6) is 0 Å². The third-order valence-electron chi connectivity index (χ3n) is 3.91. The Morgan fingerprint density at radius 3 is 1.72 bits per heavy atom. The van der Waals surface area contributed by atoms with E-state index in [0.717, 1.165) is 12.8 Å². The van der Waals surface area contributed by atoms with Gasteiger partial charge in [-0.25, -0.2) is 9.59 Å². The zero-order chi connectivity index (χ0) is 22.7. The standard InChI is InChI=1S/C13H18O3.C6H8O7/c1-3-4-10-16-13(2,12(14)15)11-8-6-5-7-9-11;7-3(8)1-6(13,5(11)12)2-4(9)10/h5-9H,3-4,10H2,1-2H3,(H,14,15);13H,1-2H2,(H,7,8)(H,9,10)(H,11,12). The van der Waals surface area contributed by atoms with E-state index in [0.29, 0.717) is 12.2 Å². The molecule has 0 bridgehead atoms. The molecule has 0 aliphatic heterocycles. The van der Waals surface area contributed by atoms with E-state index in [2.05, 4.69) is 0 Å². The fraction of sp³-hybridized carbons (Fsp3) is 0.474. The third kappa shape index (κ3) is 8.71. The second-order valence-electron chi connectivity index (χ2n) is 6.38. The minimum atomic E-state index is -2.74. The van der Waals surface area contributed by atoms with Crippen molar-refractivity contribution in [3.05, 3.63) is 35.9 Å². The van der Waals surface area contributed by atoms with Crippen molar-refractivity contribution in [1.29, 1.82) is 0 Å². The fourth-order valence-electron chi connectivity index (χ4n) is 2.16. The van der Waals surface area contributed by atoms with Gasteiger partial charge >= 0.3 is 23.9 Å². The summed E-state index contributed by atoms with van der Waals surface area (Å²) in [5, 5.41) is 43.1. The lowest BCUT2D eigenvalue weighted by Gasteiger charge is -2.25. The number of unbranched alkanes of at least 4 members (excludes halogenated alkanes) is 1. The van der Waals surface area contributed by atoms with Crippen molar-refractivity contribution in [3.63, 3.8) is 0 Å². The van der Waals surface area contributed by atoms with E-state index >= 15 is 0 Å².